The highest BCUT2D eigenvalue weighted by molar-refractivity contribution is 5.71. The Bertz CT molecular complexity index is 811. The summed E-state index contributed by atoms with van der Waals surface area (Å²) in [5, 5.41) is 0. The van der Waals surface area contributed by atoms with E-state index in [0.717, 1.165) is 63.7 Å². The van der Waals surface area contributed by atoms with Crippen LogP contribution >= 0.6 is 0 Å². The van der Waals surface area contributed by atoms with Gasteiger partial charge in [0.2, 0.25) is 0 Å². The third-order valence-corrected chi connectivity index (χ3v) is 10.8. The summed E-state index contributed by atoms with van der Waals surface area (Å²) < 4.78 is 16.7. The van der Waals surface area contributed by atoms with Gasteiger partial charge < -0.3 is 14.2 Å². The summed E-state index contributed by atoms with van der Waals surface area (Å²) in [4.78, 5) is 37.6. The smallest absolute Gasteiger partial charge is 0.306 e. The van der Waals surface area contributed by atoms with Crippen LogP contribution in [0.4, 0.5) is 0 Å². The molecule has 0 rings (SSSR count). The standard InChI is InChI=1S/C48H92O6/c1-5-7-9-11-13-14-15-21-24-28-31-35-39-46(49)52-42-45(54-48(51)41-37-33-26-12-10-8-6-2)43-53-47(50)40-36-32-29-25-22-19-17-16-18-20-23-27-30-34-38-44(3)4/h44-45H,5-43H2,1-4H3/t45-/m0/s1. The van der Waals surface area contributed by atoms with Crippen molar-refractivity contribution in [2.45, 2.75) is 271 Å². The van der Waals surface area contributed by atoms with Crippen molar-refractivity contribution in [2.75, 3.05) is 13.2 Å². The third-order valence-electron chi connectivity index (χ3n) is 10.8. The van der Waals surface area contributed by atoms with Crippen LogP contribution in [0, 0.1) is 5.92 Å². The van der Waals surface area contributed by atoms with Crippen molar-refractivity contribution < 1.29 is 28.6 Å². The number of ether oxygens (including phenoxy) is 3. The fourth-order valence-electron chi connectivity index (χ4n) is 7.16. The summed E-state index contributed by atoms with van der Waals surface area (Å²) >= 11 is 0. The van der Waals surface area contributed by atoms with Crippen molar-refractivity contribution in [1.29, 1.82) is 0 Å². The van der Waals surface area contributed by atoms with Crippen molar-refractivity contribution in [1.82, 2.24) is 0 Å². The largest absolute Gasteiger partial charge is 0.462 e. The first-order valence-corrected chi connectivity index (χ1v) is 23.9. The van der Waals surface area contributed by atoms with Crippen molar-refractivity contribution in [3.63, 3.8) is 0 Å². The molecule has 1 atom stereocenters. The molecule has 0 aromatic heterocycles. The SMILES string of the molecule is CCCCCCCCCCCCCCC(=O)OC[C@@H](COC(=O)CCCCCCCCCCCCCCCCC(C)C)OC(=O)CCCCCCCCC. The maximum atomic E-state index is 12.6. The molecule has 0 amide bonds. The van der Waals surface area contributed by atoms with Crippen LogP contribution in [0.15, 0.2) is 0 Å². The Hall–Kier alpha value is -1.59. The molecule has 0 aromatic carbocycles. The van der Waals surface area contributed by atoms with E-state index in [2.05, 4.69) is 27.7 Å². The lowest BCUT2D eigenvalue weighted by Gasteiger charge is -2.18. The zero-order valence-electron chi connectivity index (χ0n) is 36.7. The monoisotopic (exact) mass is 765 g/mol. The van der Waals surface area contributed by atoms with E-state index >= 15 is 0 Å². The zero-order chi connectivity index (χ0) is 39.6. The first-order chi connectivity index (χ1) is 26.4. The highest BCUT2D eigenvalue weighted by Gasteiger charge is 2.19. The predicted octanol–water partition coefficient (Wildman–Crippen LogP) is 15.1. The Morgan fingerprint density at radius 3 is 0.907 bits per heavy atom. The molecule has 320 valence electrons. The minimum Gasteiger partial charge on any atom is -0.462 e. The molecule has 0 aliphatic heterocycles. The first kappa shape index (κ1) is 52.4. The number of rotatable bonds is 43. The van der Waals surface area contributed by atoms with E-state index in [0.29, 0.717) is 19.3 Å². The summed E-state index contributed by atoms with van der Waals surface area (Å²) in [5.41, 5.74) is 0. The molecule has 0 spiro atoms. The van der Waals surface area contributed by atoms with E-state index in [1.165, 1.54) is 161 Å². The molecular formula is C48H92O6. The highest BCUT2D eigenvalue weighted by atomic mass is 16.6. The zero-order valence-corrected chi connectivity index (χ0v) is 36.7. The van der Waals surface area contributed by atoms with E-state index in [1.54, 1.807) is 0 Å². The highest BCUT2D eigenvalue weighted by Crippen LogP contribution is 2.16. The van der Waals surface area contributed by atoms with Crippen LogP contribution in [0.5, 0.6) is 0 Å². The van der Waals surface area contributed by atoms with Crippen molar-refractivity contribution >= 4 is 17.9 Å². The average molecular weight is 765 g/mol. The quantitative estimate of drug-likeness (QED) is 0.0349. The molecule has 0 N–H and O–H groups in total. The van der Waals surface area contributed by atoms with Crippen LogP contribution in [0.2, 0.25) is 0 Å². The third kappa shape index (κ3) is 41.6. The van der Waals surface area contributed by atoms with Crippen LogP contribution in [0.3, 0.4) is 0 Å². The molecule has 0 saturated heterocycles. The molecule has 0 aliphatic rings. The number of esters is 3. The van der Waals surface area contributed by atoms with Gasteiger partial charge in [-0.2, -0.15) is 0 Å². The Balaban J connectivity index is 4.18. The van der Waals surface area contributed by atoms with E-state index in [1.807, 2.05) is 0 Å². The molecule has 54 heavy (non-hydrogen) atoms. The molecule has 0 aromatic rings. The molecule has 0 radical (unpaired) electrons. The number of carbonyl (C=O) groups is 3. The van der Waals surface area contributed by atoms with Gasteiger partial charge in [0.1, 0.15) is 13.2 Å². The molecule has 6 heteroatoms. The number of hydrogen-bond donors (Lipinski definition) is 0. The minimum atomic E-state index is -0.758. The summed E-state index contributed by atoms with van der Waals surface area (Å²) in [6.45, 7) is 8.98. The van der Waals surface area contributed by atoms with Gasteiger partial charge in [-0.15, -0.1) is 0 Å². The van der Waals surface area contributed by atoms with Crippen LogP contribution in [-0.2, 0) is 28.6 Å². The fraction of sp³-hybridized carbons (Fsp3) is 0.938. The molecule has 6 nitrogen and oxygen atoms in total. The average Bonchev–Trinajstić information content (AvgIpc) is 3.15. The van der Waals surface area contributed by atoms with Gasteiger partial charge >= 0.3 is 17.9 Å². The summed E-state index contributed by atoms with van der Waals surface area (Å²) in [6.07, 6.45) is 42.4. The lowest BCUT2D eigenvalue weighted by molar-refractivity contribution is -0.167. The Kier molecular flexibility index (Phi) is 41.3. The van der Waals surface area contributed by atoms with Gasteiger partial charge in [-0.3, -0.25) is 14.4 Å². The second-order valence-electron chi connectivity index (χ2n) is 16.9. The minimum absolute atomic E-state index is 0.0639. The molecule has 0 heterocycles. The summed E-state index contributed by atoms with van der Waals surface area (Å²) in [6, 6.07) is 0. The molecule has 0 unspecified atom stereocenters. The van der Waals surface area contributed by atoms with Gasteiger partial charge in [-0.25, -0.2) is 0 Å². The van der Waals surface area contributed by atoms with Crippen molar-refractivity contribution in [3.05, 3.63) is 0 Å². The fourth-order valence-corrected chi connectivity index (χ4v) is 7.16. The lowest BCUT2D eigenvalue weighted by atomic mass is 10.0. The van der Waals surface area contributed by atoms with Crippen molar-refractivity contribution in [3.8, 4) is 0 Å². The van der Waals surface area contributed by atoms with Gasteiger partial charge in [0.05, 0.1) is 0 Å². The van der Waals surface area contributed by atoms with Crippen LogP contribution in [-0.4, -0.2) is 37.2 Å². The van der Waals surface area contributed by atoms with Crippen LogP contribution < -0.4 is 0 Å². The number of carbonyl (C=O) groups excluding carboxylic acids is 3. The maximum absolute atomic E-state index is 12.6. The summed E-state index contributed by atoms with van der Waals surface area (Å²) in [7, 11) is 0. The Morgan fingerprint density at radius 2 is 0.611 bits per heavy atom. The molecule has 0 saturated carbocycles. The van der Waals surface area contributed by atoms with Crippen molar-refractivity contribution in [2.24, 2.45) is 5.92 Å². The molecule has 0 bridgehead atoms. The number of unbranched alkanes of at least 4 members (excludes halogenated alkanes) is 30. The van der Waals surface area contributed by atoms with E-state index in [-0.39, 0.29) is 31.1 Å². The van der Waals surface area contributed by atoms with Crippen LogP contribution in [0.25, 0.3) is 0 Å². The van der Waals surface area contributed by atoms with Gasteiger partial charge in [0.25, 0.3) is 0 Å². The normalized spacial score (nSPS) is 11.9. The second-order valence-corrected chi connectivity index (χ2v) is 16.9. The predicted molar refractivity (Wildman–Crippen MR) is 229 cm³/mol. The number of hydrogen-bond acceptors (Lipinski definition) is 6. The van der Waals surface area contributed by atoms with E-state index < -0.39 is 6.10 Å². The topological polar surface area (TPSA) is 78.9 Å². The molecule has 0 fully saturated rings. The molecule has 0 aliphatic carbocycles. The van der Waals surface area contributed by atoms with Gasteiger partial charge in [0, 0.05) is 19.3 Å². The Morgan fingerprint density at radius 1 is 0.352 bits per heavy atom. The van der Waals surface area contributed by atoms with Gasteiger partial charge in [0.15, 0.2) is 6.10 Å². The molecular weight excluding hydrogens is 673 g/mol. The second kappa shape index (κ2) is 42.6. The summed E-state index contributed by atoms with van der Waals surface area (Å²) in [5.74, 6) is -0.0124. The van der Waals surface area contributed by atoms with Crippen LogP contribution in [0.1, 0.15) is 265 Å². The van der Waals surface area contributed by atoms with E-state index in [4.69, 9.17) is 14.2 Å². The van der Waals surface area contributed by atoms with Gasteiger partial charge in [-0.05, 0) is 25.2 Å². The maximum Gasteiger partial charge on any atom is 0.306 e. The first-order valence-electron chi connectivity index (χ1n) is 23.9. The Labute approximate surface area is 336 Å². The van der Waals surface area contributed by atoms with E-state index in [9.17, 15) is 14.4 Å². The lowest BCUT2D eigenvalue weighted by Crippen LogP contribution is -2.30. The van der Waals surface area contributed by atoms with Gasteiger partial charge in [-0.1, -0.05) is 227 Å².